The van der Waals surface area contributed by atoms with Gasteiger partial charge in [-0.25, -0.2) is 0 Å². The minimum absolute atomic E-state index is 0.365. The van der Waals surface area contributed by atoms with Crippen molar-refractivity contribution < 1.29 is 4.74 Å². The van der Waals surface area contributed by atoms with E-state index in [0.29, 0.717) is 11.0 Å². The fraction of sp³-hybridized carbons (Fsp3) is 1.00. The van der Waals surface area contributed by atoms with Gasteiger partial charge in [-0.2, -0.15) is 0 Å². The first kappa shape index (κ1) is 17.4. The zero-order valence-electron chi connectivity index (χ0n) is 14.4. The highest BCUT2D eigenvalue weighted by molar-refractivity contribution is 6.99. The molecule has 1 rings (SSSR count). The number of epoxide rings is 1. The van der Waals surface area contributed by atoms with Gasteiger partial charge in [-0.15, -0.1) is 0 Å². The molecule has 19 heavy (non-hydrogen) atoms. The van der Waals surface area contributed by atoms with Crippen LogP contribution in [0.3, 0.4) is 0 Å². The Morgan fingerprint density at radius 2 is 1.26 bits per heavy atom. The smallest absolute Gasteiger partial charge is 0.0817 e. The van der Waals surface area contributed by atoms with Crippen molar-refractivity contribution in [1.82, 2.24) is 0 Å². The molecule has 0 saturated carbocycles. The largest absolute Gasteiger partial charge is 0.374 e. The van der Waals surface area contributed by atoms with Gasteiger partial charge in [-0.1, -0.05) is 84.7 Å². The van der Waals surface area contributed by atoms with Crippen molar-refractivity contribution in [3.63, 3.8) is 0 Å². The van der Waals surface area contributed by atoms with E-state index in [2.05, 4.69) is 46.2 Å². The van der Waals surface area contributed by atoms with Gasteiger partial charge in [0.1, 0.15) is 0 Å². The Kier molecular flexibility index (Phi) is 5.91. The zero-order chi connectivity index (χ0) is 14.7. The van der Waals surface area contributed by atoms with Crippen molar-refractivity contribution in [3.8, 4) is 0 Å². The lowest BCUT2D eigenvalue weighted by molar-refractivity contribution is 0.363. The van der Waals surface area contributed by atoms with Crippen molar-refractivity contribution in [3.05, 3.63) is 0 Å². The lowest BCUT2D eigenvalue weighted by atomic mass is 10.1. The van der Waals surface area contributed by atoms with Gasteiger partial charge in [0.25, 0.3) is 0 Å². The first-order chi connectivity index (χ1) is 8.67. The van der Waals surface area contributed by atoms with Crippen molar-refractivity contribution in [1.29, 1.82) is 0 Å². The summed E-state index contributed by atoms with van der Waals surface area (Å²) in [5, 5.41) is 0. The van der Waals surface area contributed by atoms with Gasteiger partial charge in [0.15, 0.2) is 0 Å². The molecule has 0 N–H and O–H groups in total. The first-order valence-corrected chi connectivity index (χ1v) is 15.3. The maximum Gasteiger partial charge on any atom is 0.0817 e. The molecular formula is C16H36OSi2. The number of ether oxygens (including phenoxy) is 1. The second-order valence-corrected chi connectivity index (χ2v) is 19.4. The molecule has 0 aromatic heterocycles. The van der Waals surface area contributed by atoms with Crippen molar-refractivity contribution in [2.45, 2.75) is 102 Å². The van der Waals surface area contributed by atoms with Gasteiger partial charge in [-0.3, -0.25) is 0 Å². The van der Waals surface area contributed by atoms with Gasteiger partial charge in [-0.05, 0) is 6.42 Å². The molecule has 0 spiro atoms. The van der Waals surface area contributed by atoms with Crippen molar-refractivity contribution in [2.75, 3.05) is 0 Å². The Morgan fingerprint density at radius 3 is 1.68 bits per heavy atom. The average Bonchev–Trinajstić information content (AvgIpc) is 2.97. The lowest BCUT2D eigenvalue weighted by Gasteiger charge is -2.36. The summed E-state index contributed by atoms with van der Waals surface area (Å²) in [5.74, 6) is 0. The van der Waals surface area contributed by atoms with Crippen LogP contribution >= 0.6 is 0 Å². The molecule has 1 aliphatic heterocycles. The summed E-state index contributed by atoms with van der Waals surface area (Å²) in [6, 6.07) is 0. The summed E-state index contributed by atoms with van der Waals surface area (Å²) in [6.45, 7) is 17.3. The van der Waals surface area contributed by atoms with Crippen LogP contribution in [0, 0.1) is 0 Å². The van der Waals surface area contributed by atoms with E-state index in [-0.39, 0.29) is 0 Å². The Bertz CT molecular complexity index is 261. The van der Waals surface area contributed by atoms with Gasteiger partial charge in [0, 0.05) is 0 Å². The van der Waals surface area contributed by atoms with E-state index in [1.807, 2.05) is 0 Å². The molecule has 1 heterocycles. The average molecular weight is 301 g/mol. The molecule has 3 heteroatoms. The van der Waals surface area contributed by atoms with E-state index in [9.17, 15) is 0 Å². The maximum atomic E-state index is 6.38. The molecule has 1 nitrogen and oxygen atoms in total. The first-order valence-electron chi connectivity index (χ1n) is 8.34. The molecule has 1 unspecified atom stereocenters. The molecule has 1 atom stereocenters. The molecule has 114 valence electrons. The van der Waals surface area contributed by atoms with Gasteiger partial charge >= 0.3 is 0 Å². The summed E-state index contributed by atoms with van der Waals surface area (Å²) in [6.07, 6.45) is 10.3. The Morgan fingerprint density at radius 1 is 0.789 bits per heavy atom. The van der Waals surface area contributed by atoms with Gasteiger partial charge < -0.3 is 4.74 Å². The van der Waals surface area contributed by atoms with Crippen LogP contribution in [-0.4, -0.2) is 27.1 Å². The zero-order valence-corrected chi connectivity index (χ0v) is 16.4. The summed E-state index contributed by atoms with van der Waals surface area (Å²) < 4.78 is 6.38. The fourth-order valence-electron chi connectivity index (χ4n) is 4.01. The van der Waals surface area contributed by atoms with E-state index in [1.54, 1.807) is 0 Å². The van der Waals surface area contributed by atoms with Crippen LogP contribution in [0.15, 0.2) is 0 Å². The topological polar surface area (TPSA) is 12.5 Å². The van der Waals surface area contributed by atoms with E-state index in [1.165, 1.54) is 44.9 Å². The highest BCUT2D eigenvalue weighted by Crippen LogP contribution is 2.52. The third-order valence-electron chi connectivity index (χ3n) is 4.77. The molecule has 0 aromatic rings. The Labute approximate surface area is 123 Å². The summed E-state index contributed by atoms with van der Waals surface area (Å²) in [4.78, 5) is 0.365. The molecule has 1 aliphatic rings. The lowest BCUT2D eigenvalue weighted by Crippen LogP contribution is -2.59. The van der Waals surface area contributed by atoms with E-state index in [4.69, 9.17) is 4.74 Å². The van der Waals surface area contributed by atoms with E-state index in [0.717, 1.165) is 0 Å². The number of rotatable bonds is 9. The Hall–Kier alpha value is 0.394. The molecule has 1 fully saturated rings. The summed E-state index contributed by atoms with van der Waals surface area (Å²) >= 11 is 0. The predicted molar refractivity (Wildman–Crippen MR) is 92.3 cm³/mol. The minimum Gasteiger partial charge on any atom is -0.374 e. The standard InChI is InChI=1S/C16H36OSi2/c1-8-9-10-11-12-13-14-15-16(17-15,18(2,3)4)19(5,6)7/h15H,8-14H2,1-7H3. The van der Waals surface area contributed by atoms with Crippen LogP contribution in [0.1, 0.15) is 51.9 Å². The molecular weight excluding hydrogens is 264 g/mol. The van der Waals surface area contributed by atoms with Gasteiger partial charge in [0.05, 0.1) is 27.1 Å². The summed E-state index contributed by atoms with van der Waals surface area (Å²) in [5.41, 5.74) is 0. The van der Waals surface area contributed by atoms with Crippen LogP contribution < -0.4 is 0 Å². The van der Waals surface area contributed by atoms with Crippen LogP contribution in [0.4, 0.5) is 0 Å². The third-order valence-corrected chi connectivity index (χ3v) is 14.6. The number of hydrogen-bond donors (Lipinski definition) is 0. The number of unbranched alkanes of at least 4 members (excludes halogenated alkanes) is 5. The van der Waals surface area contributed by atoms with Gasteiger partial charge in [0.2, 0.25) is 0 Å². The normalized spacial score (nSPS) is 22.6. The highest BCUT2D eigenvalue weighted by atomic mass is 28.4. The van der Waals surface area contributed by atoms with Crippen LogP contribution in [-0.2, 0) is 4.74 Å². The van der Waals surface area contributed by atoms with Crippen LogP contribution in [0.25, 0.3) is 0 Å². The Balaban J connectivity index is 2.38. The van der Waals surface area contributed by atoms with Crippen LogP contribution in [0.5, 0.6) is 0 Å². The van der Waals surface area contributed by atoms with E-state index >= 15 is 0 Å². The molecule has 0 radical (unpaired) electrons. The van der Waals surface area contributed by atoms with E-state index < -0.39 is 16.1 Å². The third kappa shape index (κ3) is 3.95. The van der Waals surface area contributed by atoms with Crippen LogP contribution in [0.2, 0.25) is 39.3 Å². The SMILES string of the molecule is CCCCCCCCC1OC1([Si](C)(C)C)[Si](C)(C)C. The van der Waals surface area contributed by atoms with Crippen molar-refractivity contribution >= 4 is 16.1 Å². The molecule has 1 saturated heterocycles. The monoisotopic (exact) mass is 300 g/mol. The molecule has 0 aromatic carbocycles. The maximum absolute atomic E-state index is 6.38. The fourth-order valence-corrected chi connectivity index (χ4v) is 16.2. The summed E-state index contributed by atoms with van der Waals surface area (Å²) in [7, 11) is -2.43. The molecule has 0 bridgehead atoms. The number of hydrogen-bond acceptors (Lipinski definition) is 1. The second-order valence-electron chi connectivity index (χ2n) is 8.40. The minimum atomic E-state index is -1.21. The van der Waals surface area contributed by atoms with Crippen molar-refractivity contribution in [2.24, 2.45) is 0 Å². The highest BCUT2D eigenvalue weighted by Gasteiger charge is 2.69. The predicted octanol–water partition coefficient (Wildman–Crippen LogP) is 5.63. The quantitative estimate of drug-likeness (QED) is 0.305. The molecule has 0 aliphatic carbocycles. The molecule has 0 amide bonds. The second kappa shape index (κ2) is 6.44.